The molecule has 41 heavy (non-hydrogen) atoms. The maximum atomic E-state index is 12.5. The van der Waals surface area contributed by atoms with Gasteiger partial charge in [0, 0.05) is 19.5 Å². The highest BCUT2D eigenvalue weighted by Crippen LogP contribution is 2.24. The maximum Gasteiger partial charge on any atom is 0.495 e. The molecule has 4 N–H and O–H groups in total. The number of amides is 4. The van der Waals surface area contributed by atoms with Crippen LogP contribution in [0.3, 0.4) is 0 Å². The van der Waals surface area contributed by atoms with Gasteiger partial charge in [-0.25, -0.2) is 24.2 Å². The van der Waals surface area contributed by atoms with E-state index in [1.165, 1.54) is 0 Å². The monoisotopic (exact) mass is 580 g/mol. The van der Waals surface area contributed by atoms with E-state index in [0.717, 1.165) is 24.0 Å². The number of carbonyl (C=O) groups is 5. The molecule has 2 aromatic rings. The van der Waals surface area contributed by atoms with Gasteiger partial charge in [-0.05, 0) is 23.1 Å². The Bertz CT molecular complexity index is 1180. The summed E-state index contributed by atoms with van der Waals surface area (Å²) in [6.45, 7) is 2.02. The summed E-state index contributed by atoms with van der Waals surface area (Å²) in [5, 5.41) is 10.0. The first-order chi connectivity index (χ1) is 19.5. The zero-order valence-corrected chi connectivity index (χ0v) is 22.2. The lowest BCUT2D eigenvalue weighted by Crippen LogP contribution is -2.41. The summed E-state index contributed by atoms with van der Waals surface area (Å²) in [7, 11) is 0. The number of rotatable bonds is 13. The van der Waals surface area contributed by atoms with Gasteiger partial charge in [0.1, 0.15) is 0 Å². The third-order valence-electron chi connectivity index (χ3n) is 5.47. The number of nitrogens with one attached hydrogen (secondary N) is 4. The molecule has 0 heterocycles. The molecule has 0 radical (unpaired) electrons. The summed E-state index contributed by atoms with van der Waals surface area (Å²) in [5.74, 6) is -5.32. The van der Waals surface area contributed by atoms with E-state index in [0.29, 0.717) is 12.1 Å². The van der Waals surface area contributed by atoms with Crippen LogP contribution in [-0.2, 0) is 29.0 Å². The number of benzene rings is 2. The Balaban J connectivity index is 1.96. The largest absolute Gasteiger partial charge is 0.495 e. The van der Waals surface area contributed by atoms with Gasteiger partial charge in [0.2, 0.25) is 11.8 Å². The Hall–Kier alpha value is -4.62. The Morgan fingerprint density at radius 3 is 2.07 bits per heavy atom. The molecule has 0 aliphatic rings. The molecule has 0 saturated heterocycles. The minimum absolute atomic E-state index is 0.0320. The summed E-state index contributed by atoms with van der Waals surface area (Å²) in [4.78, 5) is 66.7. The fraction of sp³-hybridized carbons (Fsp3) is 0.370. The van der Waals surface area contributed by atoms with Gasteiger partial charge in [-0.1, -0.05) is 67.9 Å². The van der Waals surface area contributed by atoms with Gasteiger partial charge in [0.15, 0.2) is 0 Å². The highest BCUT2D eigenvalue weighted by molar-refractivity contribution is 5.85. The third-order valence-corrected chi connectivity index (χ3v) is 5.47. The van der Waals surface area contributed by atoms with Gasteiger partial charge in [-0.15, -0.1) is 0 Å². The minimum atomic E-state index is -5.37. The zero-order valence-electron chi connectivity index (χ0n) is 22.2. The number of hydrogen-bond donors (Lipinski definition) is 4. The van der Waals surface area contributed by atoms with Crippen LogP contribution < -0.4 is 21.3 Å². The van der Waals surface area contributed by atoms with Crippen molar-refractivity contribution < 1.29 is 46.9 Å². The second kappa shape index (κ2) is 16.5. The third kappa shape index (κ3) is 12.4. The van der Waals surface area contributed by atoms with Crippen LogP contribution in [0.15, 0.2) is 54.6 Å². The molecule has 0 bridgehead atoms. The van der Waals surface area contributed by atoms with Gasteiger partial charge < -0.3 is 21.3 Å². The van der Waals surface area contributed by atoms with Crippen molar-refractivity contribution in [2.75, 3.05) is 19.6 Å². The number of urea groups is 1. The van der Waals surface area contributed by atoms with E-state index >= 15 is 0 Å². The van der Waals surface area contributed by atoms with Crippen molar-refractivity contribution in [3.05, 3.63) is 60.2 Å². The van der Waals surface area contributed by atoms with Crippen LogP contribution in [0.25, 0.3) is 11.1 Å². The average Bonchev–Trinajstić information content (AvgIpc) is 2.94. The van der Waals surface area contributed by atoms with E-state index in [-0.39, 0.29) is 13.0 Å². The average molecular weight is 581 g/mol. The molecular formula is C27H31F3N4O7. The first-order valence-corrected chi connectivity index (χ1v) is 12.7. The van der Waals surface area contributed by atoms with E-state index in [1.54, 1.807) is 24.3 Å². The molecule has 0 aliphatic carbocycles. The second-order valence-corrected chi connectivity index (χ2v) is 8.70. The Labute approximate surface area is 234 Å². The standard InChI is InChI=1S/C27H31F3N4O7/c1-2-3-14-31-26(39)32-15-13-22(35)33-17-23(36)34-21(16-24(37)40-41-25(38)27(28,29)30)20-11-9-19(10-12-20)18-7-5-4-6-8-18/h4-12,21H,2-3,13-17H2,1H3,(H,33,35)(H,34,36)(H2,31,32,39). The molecule has 0 spiro atoms. The summed E-state index contributed by atoms with van der Waals surface area (Å²) in [5.41, 5.74) is 2.11. The molecule has 222 valence electrons. The van der Waals surface area contributed by atoms with Crippen molar-refractivity contribution in [3.63, 3.8) is 0 Å². The lowest BCUT2D eigenvalue weighted by molar-refractivity contribution is -0.286. The Morgan fingerprint density at radius 2 is 1.44 bits per heavy atom. The van der Waals surface area contributed by atoms with Gasteiger partial charge in [-0.2, -0.15) is 13.2 Å². The van der Waals surface area contributed by atoms with E-state index in [1.807, 2.05) is 37.3 Å². The lowest BCUT2D eigenvalue weighted by atomic mass is 9.99. The summed E-state index contributed by atoms with van der Waals surface area (Å²) in [6.07, 6.45) is -4.43. The van der Waals surface area contributed by atoms with Gasteiger partial charge in [-0.3, -0.25) is 9.59 Å². The predicted octanol–water partition coefficient (Wildman–Crippen LogP) is 3.07. The fourth-order valence-electron chi connectivity index (χ4n) is 3.37. The topological polar surface area (TPSA) is 152 Å². The molecule has 0 saturated carbocycles. The number of hydrogen-bond acceptors (Lipinski definition) is 7. The number of halogens is 3. The molecule has 0 aliphatic heterocycles. The molecule has 2 rings (SSSR count). The molecule has 2 aromatic carbocycles. The molecule has 0 aromatic heterocycles. The summed E-state index contributed by atoms with van der Waals surface area (Å²) in [6, 6.07) is 14.4. The Kier molecular flexibility index (Phi) is 13.1. The highest BCUT2D eigenvalue weighted by Gasteiger charge is 2.43. The number of alkyl halides is 3. The van der Waals surface area contributed by atoms with Crippen molar-refractivity contribution in [2.24, 2.45) is 0 Å². The van der Waals surface area contributed by atoms with Crippen LogP contribution in [0, 0.1) is 0 Å². The van der Waals surface area contributed by atoms with Gasteiger partial charge in [0.05, 0.1) is 19.0 Å². The van der Waals surface area contributed by atoms with Crippen LogP contribution in [0.5, 0.6) is 0 Å². The summed E-state index contributed by atoms with van der Waals surface area (Å²) < 4.78 is 37.0. The number of carbonyl (C=O) groups excluding carboxylic acids is 5. The molecule has 1 unspecified atom stereocenters. The van der Waals surface area contributed by atoms with Crippen molar-refractivity contribution in [1.82, 2.24) is 21.3 Å². The number of unbranched alkanes of at least 4 members (excludes halogenated alkanes) is 1. The zero-order chi connectivity index (χ0) is 30.3. The molecule has 11 nitrogen and oxygen atoms in total. The van der Waals surface area contributed by atoms with Gasteiger partial charge >= 0.3 is 24.1 Å². The smallest absolute Gasteiger partial charge is 0.347 e. The van der Waals surface area contributed by atoms with Gasteiger partial charge in [0.25, 0.3) is 0 Å². The quantitative estimate of drug-likeness (QED) is 0.161. The van der Waals surface area contributed by atoms with Crippen LogP contribution in [0.1, 0.15) is 44.2 Å². The maximum absolute atomic E-state index is 12.5. The molecule has 1 atom stereocenters. The van der Waals surface area contributed by atoms with E-state index in [4.69, 9.17) is 0 Å². The van der Waals surface area contributed by atoms with Crippen LogP contribution in [-0.4, -0.2) is 55.6 Å². The SMILES string of the molecule is CCCCNC(=O)NCCC(=O)NCC(=O)NC(CC(=O)OOC(=O)C(F)(F)F)c1ccc(-c2ccccc2)cc1. The van der Waals surface area contributed by atoms with Crippen molar-refractivity contribution in [3.8, 4) is 11.1 Å². The molecule has 0 fully saturated rings. The Morgan fingerprint density at radius 1 is 0.805 bits per heavy atom. The van der Waals surface area contributed by atoms with E-state index in [9.17, 15) is 37.1 Å². The first kappa shape index (κ1) is 32.6. The van der Waals surface area contributed by atoms with Crippen LogP contribution in [0.4, 0.5) is 18.0 Å². The predicted molar refractivity (Wildman–Crippen MR) is 140 cm³/mol. The fourth-order valence-corrected chi connectivity index (χ4v) is 3.37. The summed E-state index contributed by atoms with van der Waals surface area (Å²) >= 11 is 0. The van der Waals surface area contributed by atoms with Crippen LogP contribution in [0.2, 0.25) is 0 Å². The van der Waals surface area contributed by atoms with Crippen LogP contribution >= 0.6 is 0 Å². The lowest BCUT2D eigenvalue weighted by Gasteiger charge is -2.19. The van der Waals surface area contributed by atoms with E-state index < -0.39 is 55.0 Å². The normalized spacial score (nSPS) is 11.5. The van der Waals surface area contributed by atoms with Crippen molar-refractivity contribution in [2.45, 2.75) is 44.8 Å². The molecule has 4 amide bonds. The highest BCUT2D eigenvalue weighted by atomic mass is 19.4. The van der Waals surface area contributed by atoms with Crippen molar-refractivity contribution in [1.29, 1.82) is 0 Å². The second-order valence-electron chi connectivity index (χ2n) is 8.70. The van der Waals surface area contributed by atoms with E-state index in [2.05, 4.69) is 31.0 Å². The molecule has 14 heteroatoms. The molecular weight excluding hydrogens is 549 g/mol. The first-order valence-electron chi connectivity index (χ1n) is 12.7. The minimum Gasteiger partial charge on any atom is -0.347 e. The van der Waals surface area contributed by atoms with Crippen molar-refractivity contribution >= 4 is 29.8 Å².